The summed E-state index contributed by atoms with van der Waals surface area (Å²) in [6.45, 7) is 7.86. The first-order chi connectivity index (χ1) is 9.79. The lowest BCUT2D eigenvalue weighted by Gasteiger charge is -2.36. The zero-order chi connectivity index (χ0) is 14.2. The molecule has 1 saturated heterocycles. The SMILES string of the molecule is CCOC(=O)NCCN1CCN(c2ccccc2)CC1. The molecule has 1 fully saturated rings. The van der Waals surface area contributed by atoms with E-state index in [0.717, 1.165) is 32.7 Å². The molecule has 0 aromatic heterocycles. The highest BCUT2D eigenvalue weighted by Crippen LogP contribution is 2.15. The number of para-hydroxylation sites is 1. The van der Waals surface area contributed by atoms with Crippen molar-refractivity contribution in [3.05, 3.63) is 30.3 Å². The molecule has 5 nitrogen and oxygen atoms in total. The van der Waals surface area contributed by atoms with Crippen LogP contribution < -0.4 is 10.2 Å². The first-order valence-electron chi connectivity index (χ1n) is 7.22. The van der Waals surface area contributed by atoms with E-state index in [1.807, 2.05) is 13.0 Å². The molecule has 1 N–H and O–H groups in total. The monoisotopic (exact) mass is 277 g/mol. The molecule has 20 heavy (non-hydrogen) atoms. The number of nitrogens with zero attached hydrogens (tertiary/aromatic N) is 2. The van der Waals surface area contributed by atoms with Crippen molar-refractivity contribution >= 4 is 11.8 Å². The summed E-state index contributed by atoms with van der Waals surface area (Å²) in [4.78, 5) is 15.9. The molecule has 0 unspecified atom stereocenters. The summed E-state index contributed by atoms with van der Waals surface area (Å²) in [7, 11) is 0. The van der Waals surface area contributed by atoms with Gasteiger partial charge in [0.1, 0.15) is 0 Å². The first-order valence-corrected chi connectivity index (χ1v) is 7.22. The predicted octanol–water partition coefficient (Wildman–Crippen LogP) is 1.55. The number of carbonyl (C=O) groups excluding carboxylic acids is 1. The second-order valence-electron chi connectivity index (χ2n) is 4.81. The molecular formula is C15H23N3O2. The summed E-state index contributed by atoms with van der Waals surface area (Å²) in [5, 5.41) is 2.76. The van der Waals surface area contributed by atoms with E-state index in [2.05, 4.69) is 39.4 Å². The Hall–Kier alpha value is -1.75. The average Bonchev–Trinajstić information content (AvgIpc) is 2.49. The van der Waals surface area contributed by atoms with Crippen molar-refractivity contribution in [3.63, 3.8) is 0 Å². The summed E-state index contributed by atoms with van der Waals surface area (Å²) in [6, 6.07) is 10.5. The molecule has 5 heteroatoms. The molecule has 1 aliphatic rings. The van der Waals surface area contributed by atoms with Gasteiger partial charge >= 0.3 is 6.09 Å². The van der Waals surface area contributed by atoms with E-state index in [4.69, 9.17) is 4.74 Å². The van der Waals surface area contributed by atoms with Crippen molar-refractivity contribution in [1.82, 2.24) is 10.2 Å². The largest absolute Gasteiger partial charge is 0.450 e. The van der Waals surface area contributed by atoms with Gasteiger partial charge in [-0.05, 0) is 19.1 Å². The highest BCUT2D eigenvalue weighted by molar-refractivity contribution is 5.66. The van der Waals surface area contributed by atoms with Crippen molar-refractivity contribution in [3.8, 4) is 0 Å². The van der Waals surface area contributed by atoms with E-state index in [1.165, 1.54) is 5.69 Å². The number of hydrogen-bond donors (Lipinski definition) is 1. The van der Waals surface area contributed by atoms with Crippen LogP contribution in [0.25, 0.3) is 0 Å². The van der Waals surface area contributed by atoms with Gasteiger partial charge in [0.05, 0.1) is 6.61 Å². The number of hydrogen-bond acceptors (Lipinski definition) is 4. The third-order valence-corrected chi connectivity index (χ3v) is 3.47. The standard InChI is InChI=1S/C15H23N3O2/c1-2-20-15(19)16-8-9-17-10-12-18(13-11-17)14-6-4-3-5-7-14/h3-7H,2,8-13H2,1H3,(H,16,19). The number of carbonyl (C=O) groups is 1. The van der Waals surface area contributed by atoms with Crippen molar-refractivity contribution in [2.24, 2.45) is 0 Å². The Kier molecular flexibility index (Phi) is 5.68. The zero-order valence-electron chi connectivity index (χ0n) is 12.0. The van der Waals surface area contributed by atoms with Crippen LogP contribution in [0.3, 0.4) is 0 Å². The van der Waals surface area contributed by atoms with Gasteiger partial charge < -0.3 is 15.0 Å². The molecular weight excluding hydrogens is 254 g/mol. The predicted molar refractivity (Wildman–Crippen MR) is 80.1 cm³/mol. The molecule has 0 atom stereocenters. The van der Waals surface area contributed by atoms with Crippen LogP contribution in [0.1, 0.15) is 6.92 Å². The molecule has 1 amide bonds. The second kappa shape index (κ2) is 7.75. The summed E-state index contributed by atoms with van der Waals surface area (Å²) in [6.07, 6.45) is -0.324. The van der Waals surface area contributed by atoms with Crippen LogP contribution in [-0.4, -0.2) is 56.9 Å². The number of benzene rings is 1. The van der Waals surface area contributed by atoms with Crippen LogP contribution >= 0.6 is 0 Å². The highest BCUT2D eigenvalue weighted by atomic mass is 16.5. The summed E-state index contributed by atoms with van der Waals surface area (Å²) < 4.78 is 4.83. The molecule has 1 aromatic carbocycles. The van der Waals surface area contributed by atoms with Crippen molar-refractivity contribution in [2.75, 3.05) is 50.8 Å². The van der Waals surface area contributed by atoms with Crippen LogP contribution in [0.15, 0.2) is 30.3 Å². The first kappa shape index (κ1) is 14.7. The summed E-state index contributed by atoms with van der Waals surface area (Å²) in [5.41, 5.74) is 1.29. The fraction of sp³-hybridized carbons (Fsp3) is 0.533. The summed E-state index contributed by atoms with van der Waals surface area (Å²) >= 11 is 0. The van der Waals surface area contributed by atoms with Gasteiger partial charge in [-0.2, -0.15) is 0 Å². The molecule has 0 spiro atoms. The third kappa shape index (κ3) is 4.42. The lowest BCUT2D eigenvalue weighted by atomic mass is 10.2. The Morgan fingerprint density at radius 2 is 1.90 bits per heavy atom. The molecule has 0 radical (unpaired) electrons. The van der Waals surface area contributed by atoms with Crippen molar-refractivity contribution in [1.29, 1.82) is 0 Å². The van der Waals surface area contributed by atoms with E-state index >= 15 is 0 Å². The van der Waals surface area contributed by atoms with Gasteiger partial charge in [-0.1, -0.05) is 18.2 Å². The van der Waals surface area contributed by atoms with E-state index < -0.39 is 0 Å². The topological polar surface area (TPSA) is 44.8 Å². The summed E-state index contributed by atoms with van der Waals surface area (Å²) in [5.74, 6) is 0. The van der Waals surface area contributed by atoms with Crippen molar-refractivity contribution in [2.45, 2.75) is 6.92 Å². The Labute approximate surface area is 120 Å². The quantitative estimate of drug-likeness (QED) is 0.887. The highest BCUT2D eigenvalue weighted by Gasteiger charge is 2.16. The fourth-order valence-corrected chi connectivity index (χ4v) is 2.37. The van der Waals surface area contributed by atoms with Gasteiger partial charge in [0.25, 0.3) is 0 Å². The average molecular weight is 277 g/mol. The minimum atomic E-state index is -0.324. The smallest absolute Gasteiger partial charge is 0.407 e. The maximum absolute atomic E-state index is 11.2. The number of rotatable bonds is 5. The lowest BCUT2D eigenvalue weighted by Crippen LogP contribution is -2.48. The molecule has 0 bridgehead atoms. The number of piperazine rings is 1. The van der Waals surface area contributed by atoms with Crippen LogP contribution in [0.2, 0.25) is 0 Å². The van der Waals surface area contributed by atoms with Gasteiger partial charge in [-0.15, -0.1) is 0 Å². The van der Waals surface area contributed by atoms with E-state index in [1.54, 1.807) is 0 Å². The van der Waals surface area contributed by atoms with Crippen LogP contribution in [0, 0.1) is 0 Å². The minimum absolute atomic E-state index is 0.324. The maximum atomic E-state index is 11.2. The number of nitrogens with one attached hydrogen (secondary N) is 1. The van der Waals surface area contributed by atoms with Crippen LogP contribution in [0.5, 0.6) is 0 Å². The second-order valence-corrected chi connectivity index (χ2v) is 4.81. The Balaban J connectivity index is 1.66. The minimum Gasteiger partial charge on any atom is -0.450 e. The molecule has 1 aromatic rings. The zero-order valence-corrected chi connectivity index (χ0v) is 12.0. The van der Waals surface area contributed by atoms with Gasteiger partial charge in [-0.25, -0.2) is 4.79 Å². The van der Waals surface area contributed by atoms with E-state index in [0.29, 0.717) is 13.2 Å². The fourth-order valence-electron chi connectivity index (χ4n) is 2.37. The molecule has 0 aliphatic carbocycles. The normalized spacial score (nSPS) is 15.9. The van der Waals surface area contributed by atoms with Gasteiger partial charge in [0.2, 0.25) is 0 Å². The molecule has 110 valence electrons. The van der Waals surface area contributed by atoms with Gasteiger partial charge in [0, 0.05) is 45.0 Å². The van der Waals surface area contributed by atoms with E-state index in [9.17, 15) is 4.79 Å². The maximum Gasteiger partial charge on any atom is 0.407 e. The number of alkyl carbamates (subject to hydrolysis) is 1. The van der Waals surface area contributed by atoms with Gasteiger partial charge in [0.15, 0.2) is 0 Å². The Bertz CT molecular complexity index is 403. The Morgan fingerprint density at radius 1 is 1.20 bits per heavy atom. The Morgan fingerprint density at radius 3 is 2.55 bits per heavy atom. The number of ether oxygens (including phenoxy) is 1. The lowest BCUT2D eigenvalue weighted by molar-refractivity contribution is 0.150. The van der Waals surface area contributed by atoms with E-state index in [-0.39, 0.29) is 6.09 Å². The van der Waals surface area contributed by atoms with Gasteiger partial charge in [-0.3, -0.25) is 4.90 Å². The number of amides is 1. The molecule has 1 heterocycles. The molecule has 2 rings (SSSR count). The molecule has 0 saturated carbocycles. The molecule has 1 aliphatic heterocycles. The third-order valence-electron chi connectivity index (χ3n) is 3.47. The number of anilines is 1. The van der Waals surface area contributed by atoms with Crippen molar-refractivity contribution < 1.29 is 9.53 Å². The van der Waals surface area contributed by atoms with Crippen LogP contribution in [0.4, 0.5) is 10.5 Å². The van der Waals surface area contributed by atoms with Crippen LogP contribution in [-0.2, 0) is 4.74 Å².